The molecule has 31 heavy (non-hydrogen) atoms. The van der Waals surface area contributed by atoms with Crippen molar-refractivity contribution in [3.8, 4) is 0 Å². The fourth-order valence-electron chi connectivity index (χ4n) is 2.96. The lowest BCUT2D eigenvalue weighted by molar-refractivity contribution is 0.589. The molecule has 2 N–H and O–H groups in total. The molecule has 0 unspecified atom stereocenters. The van der Waals surface area contributed by atoms with Crippen molar-refractivity contribution in [2.75, 3.05) is 5.32 Å². The lowest BCUT2D eigenvalue weighted by Crippen LogP contribution is -2.41. The van der Waals surface area contributed by atoms with Crippen LogP contribution in [-0.4, -0.2) is 19.4 Å². The van der Waals surface area contributed by atoms with Gasteiger partial charge in [0.25, 0.3) is 10.0 Å². The summed E-state index contributed by atoms with van der Waals surface area (Å²) >= 11 is 0. The molecule has 0 bridgehead atoms. The summed E-state index contributed by atoms with van der Waals surface area (Å²) in [5, 5.41) is 2.73. The monoisotopic (exact) mass is 444 g/mol. The van der Waals surface area contributed by atoms with E-state index in [9.17, 15) is 21.6 Å². The first-order valence-corrected chi connectivity index (χ1v) is 10.5. The van der Waals surface area contributed by atoms with Crippen LogP contribution in [0.15, 0.2) is 64.6 Å². The van der Waals surface area contributed by atoms with Crippen LogP contribution in [0.3, 0.4) is 0 Å². The molecule has 2 heterocycles. The molecule has 0 radical (unpaired) electrons. The Hall–Kier alpha value is -3.66. The number of nitrogens with one attached hydrogen (secondary N) is 2. The highest BCUT2D eigenvalue weighted by Gasteiger charge is 2.29. The topological polar surface area (TPSA) is 83.5 Å². The largest absolute Gasteiger partial charge is 0.324 e. The third-order valence-corrected chi connectivity index (χ3v) is 5.86. The van der Waals surface area contributed by atoms with Gasteiger partial charge in [-0.15, -0.1) is 0 Å². The quantitative estimate of drug-likeness (QED) is 0.598. The van der Waals surface area contributed by atoms with Crippen LogP contribution in [0, 0.1) is 17.5 Å². The Morgan fingerprint density at radius 3 is 2.48 bits per heavy atom. The Bertz CT molecular complexity index is 1320. The molecule has 6 nitrogen and oxygen atoms in total. The van der Waals surface area contributed by atoms with Gasteiger partial charge in [0.05, 0.1) is 17.9 Å². The third kappa shape index (κ3) is 4.29. The Morgan fingerprint density at radius 2 is 1.71 bits per heavy atom. The zero-order valence-electron chi connectivity index (χ0n) is 15.8. The van der Waals surface area contributed by atoms with Gasteiger partial charge in [-0.2, -0.15) is 0 Å². The summed E-state index contributed by atoms with van der Waals surface area (Å²) < 4.78 is 69.7. The highest BCUT2D eigenvalue weighted by atomic mass is 32.2. The second-order valence-corrected chi connectivity index (χ2v) is 8.17. The van der Waals surface area contributed by atoms with Gasteiger partial charge in [-0.25, -0.2) is 31.3 Å². The zero-order valence-corrected chi connectivity index (χ0v) is 16.6. The highest BCUT2D eigenvalue weighted by molar-refractivity contribution is 7.90. The summed E-state index contributed by atoms with van der Waals surface area (Å²) in [7, 11) is -4.07. The van der Waals surface area contributed by atoms with Gasteiger partial charge in [0, 0.05) is 17.3 Å². The fraction of sp³-hybridized carbons (Fsp3) is 0.0476. The lowest BCUT2D eigenvalue weighted by Gasteiger charge is -2.23. The van der Waals surface area contributed by atoms with Crippen LogP contribution < -0.4 is 10.0 Å². The summed E-state index contributed by atoms with van der Waals surface area (Å²) in [6.07, 6.45) is 3.99. The smallest absolute Gasteiger partial charge is 0.266 e. The summed E-state index contributed by atoms with van der Waals surface area (Å²) in [6.45, 7) is -0.247. The number of guanidine groups is 1. The zero-order chi connectivity index (χ0) is 22.0. The van der Waals surface area contributed by atoms with Gasteiger partial charge in [0.1, 0.15) is 22.3 Å². The first kappa shape index (κ1) is 20.6. The number of halogens is 3. The average Bonchev–Trinajstić information content (AvgIpc) is 2.73. The molecule has 10 heteroatoms. The predicted octanol–water partition coefficient (Wildman–Crippen LogP) is 3.93. The van der Waals surface area contributed by atoms with Gasteiger partial charge in [0.2, 0.25) is 5.96 Å². The van der Waals surface area contributed by atoms with E-state index >= 15 is 0 Å². The molecule has 0 aliphatic carbocycles. The van der Waals surface area contributed by atoms with Crippen molar-refractivity contribution in [2.24, 2.45) is 4.99 Å². The minimum Gasteiger partial charge on any atom is -0.324 e. The molecule has 2 aromatic carbocycles. The summed E-state index contributed by atoms with van der Waals surface area (Å²) in [5.41, 5.74) is 0.0608. The molecule has 158 valence electrons. The Labute approximate surface area is 176 Å². The van der Waals surface area contributed by atoms with Crippen LogP contribution in [0.2, 0.25) is 0 Å². The number of sulfonamides is 1. The number of pyridine rings is 1. The normalized spacial score (nSPS) is 16.0. The van der Waals surface area contributed by atoms with Crippen molar-refractivity contribution in [3.05, 3.63) is 89.0 Å². The van der Waals surface area contributed by atoms with Crippen molar-refractivity contribution >= 4 is 33.8 Å². The van der Waals surface area contributed by atoms with Crippen LogP contribution >= 0.6 is 0 Å². The standard InChI is InChI=1S/C21H15F3N4O2S/c22-15-5-2-1-4-13(15)7-8-14-16(23)9-10-19-20(14)27-21(28-31(19,29)30)26-12-18-17(24)6-3-11-25-18/h1-11H,12H2,(H2,26,27,28)/b8-7+. The van der Waals surface area contributed by atoms with Gasteiger partial charge < -0.3 is 5.32 Å². The lowest BCUT2D eigenvalue weighted by atomic mass is 10.1. The molecule has 0 fully saturated rings. The molecule has 0 amide bonds. The van der Waals surface area contributed by atoms with Crippen LogP contribution in [0.1, 0.15) is 16.8 Å². The average molecular weight is 444 g/mol. The van der Waals surface area contributed by atoms with E-state index in [0.717, 1.165) is 12.1 Å². The van der Waals surface area contributed by atoms with E-state index in [1.165, 1.54) is 48.7 Å². The highest BCUT2D eigenvalue weighted by Crippen LogP contribution is 2.32. The van der Waals surface area contributed by atoms with Crippen molar-refractivity contribution in [1.82, 2.24) is 9.71 Å². The molecule has 0 spiro atoms. The van der Waals surface area contributed by atoms with E-state index in [0.29, 0.717) is 0 Å². The summed E-state index contributed by atoms with van der Waals surface area (Å²) in [6, 6.07) is 10.6. The third-order valence-electron chi connectivity index (χ3n) is 4.47. The molecular weight excluding hydrogens is 429 g/mol. The number of hydrogen-bond donors (Lipinski definition) is 2. The van der Waals surface area contributed by atoms with E-state index in [4.69, 9.17) is 0 Å². The predicted molar refractivity (Wildman–Crippen MR) is 111 cm³/mol. The Morgan fingerprint density at radius 1 is 0.935 bits per heavy atom. The first-order valence-electron chi connectivity index (χ1n) is 9.04. The first-order chi connectivity index (χ1) is 14.8. The maximum Gasteiger partial charge on any atom is 0.266 e. The maximum atomic E-state index is 14.6. The van der Waals surface area contributed by atoms with Gasteiger partial charge >= 0.3 is 0 Å². The van der Waals surface area contributed by atoms with Gasteiger partial charge in [0.15, 0.2) is 0 Å². The number of benzene rings is 2. The summed E-state index contributed by atoms with van der Waals surface area (Å²) in [5.74, 6) is -2.04. The number of nitrogens with zero attached hydrogens (tertiary/aromatic N) is 2. The molecule has 1 aromatic heterocycles. The number of fused-ring (bicyclic) bond motifs is 1. The minimum absolute atomic E-state index is 0.0145. The van der Waals surface area contributed by atoms with E-state index < -0.39 is 27.5 Å². The van der Waals surface area contributed by atoms with Crippen molar-refractivity contribution in [1.29, 1.82) is 0 Å². The van der Waals surface area contributed by atoms with E-state index in [2.05, 4.69) is 20.0 Å². The van der Waals surface area contributed by atoms with Gasteiger partial charge in [-0.1, -0.05) is 24.3 Å². The minimum atomic E-state index is -4.07. The number of aliphatic imine (C=N–C) groups is 1. The van der Waals surface area contributed by atoms with E-state index in [1.54, 1.807) is 6.07 Å². The van der Waals surface area contributed by atoms with Crippen LogP contribution in [-0.2, 0) is 16.6 Å². The fourth-order valence-corrected chi connectivity index (χ4v) is 4.12. The number of rotatable bonds is 4. The van der Waals surface area contributed by atoms with Crippen LogP contribution in [0.25, 0.3) is 12.2 Å². The van der Waals surface area contributed by atoms with Gasteiger partial charge in [-0.3, -0.25) is 4.98 Å². The SMILES string of the molecule is O=S1(=O)NC(=NCc2ncccc2F)Nc2c1ccc(F)c2/C=C/c1ccccc1F. The molecular formula is C21H15F3N4O2S. The van der Waals surface area contributed by atoms with Crippen molar-refractivity contribution in [2.45, 2.75) is 11.4 Å². The Kier molecular flexibility index (Phi) is 5.47. The second kappa shape index (κ2) is 8.23. The number of hydrogen-bond acceptors (Lipinski definition) is 4. The number of aromatic nitrogens is 1. The molecule has 4 rings (SSSR count). The molecule has 0 saturated carbocycles. The van der Waals surface area contributed by atoms with Crippen molar-refractivity contribution in [3.63, 3.8) is 0 Å². The van der Waals surface area contributed by atoms with Gasteiger partial charge in [-0.05, 0) is 36.4 Å². The number of anilines is 1. The van der Waals surface area contributed by atoms with Crippen LogP contribution in [0.5, 0.6) is 0 Å². The molecule has 3 aromatic rings. The molecule has 1 aliphatic rings. The molecule has 0 atom stereocenters. The Balaban J connectivity index is 1.73. The molecule has 1 aliphatic heterocycles. The second-order valence-electron chi connectivity index (χ2n) is 6.52. The summed E-state index contributed by atoms with van der Waals surface area (Å²) in [4.78, 5) is 7.67. The maximum absolute atomic E-state index is 14.6. The molecule has 0 saturated heterocycles. The van der Waals surface area contributed by atoms with Crippen molar-refractivity contribution < 1.29 is 21.6 Å². The van der Waals surface area contributed by atoms with E-state index in [1.807, 2.05) is 0 Å². The van der Waals surface area contributed by atoms with Crippen LogP contribution in [0.4, 0.5) is 18.9 Å². The van der Waals surface area contributed by atoms with E-state index in [-0.39, 0.29) is 39.9 Å².